The van der Waals surface area contributed by atoms with Gasteiger partial charge in [-0.1, -0.05) is 0 Å². The van der Waals surface area contributed by atoms with Crippen LogP contribution in [0.4, 0.5) is 10.5 Å². The molecule has 0 spiro atoms. The topological polar surface area (TPSA) is 125 Å². The van der Waals surface area contributed by atoms with Gasteiger partial charge in [0.1, 0.15) is 11.3 Å². The average molecular weight is 239 g/mol. The fourth-order valence-corrected chi connectivity index (χ4v) is 1.15. The first-order chi connectivity index (χ1) is 8.04. The molecule has 0 aliphatic heterocycles. The lowest BCUT2D eigenvalue weighted by Gasteiger charge is -2.07. The first-order valence-electron chi connectivity index (χ1n) is 4.86. The highest BCUT2D eigenvalue weighted by Gasteiger charge is 2.10. The van der Waals surface area contributed by atoms with E-state index in [4.69, 9.17) is 10.8 Å². The Morgan fingerprint density at radius 2 is 2.06 bits per heavy atom. The lowest BCUT2D eigenvalue weighted by Crippen LogP contribution is -2.32. The van der Waals surface area contributed by atoms with Gasteiger partial charge < -0.3 is 26.6 Å². The molecule has 7 heteroatoms. The van der Waals surface area contributed by atoms with Crippen LogP contribution in [0.5, 0.6) is 5.75 Å². The van der Waals surface area contributed by atoms with Gasteiger partial charge in [-0.3, -0.25) is 0 Å². The summed E-state index contributed by atoms with van der Waals surface area (Å²) >= 11 is 0. The highest BCUT2D eigenvalue weighted by atomic mass is 16.4. The summed E-state index contributed by atoms with van der Waals surface area (Å²) in [5, 5.41) is 22.9. The van der Waals surface area contributed by atoms with Crippen molar-refractivity contribution in [3.8, 4) is 5.75 Å². The molecular formula is C10H13N3O4. The van der Waals surface area contributed by atoms with Crippen molar-refractivity contribution >= 4 is 17.7 Å². The van der Waals surface area contributed by atoms with Crippen molar-refractivity contribution in [3.63, 3.8) is 0 Å². The Labute approximate surface area is 97.2 Å². The number of amides is 2. The van der Waals surface area contributed by atoms with Crippen LogP contribution in [-0.2, 0) is 0 Å². The summed E-state index contributed by atoms with van der Waals surface area (Å²) in [5.41, 5.74) is 5.27. The molecule has 0 saturated heterocycles. The fraction of sp³-hybridized carbons (Fsp3) is 0.200. The number of urea groups is 1. The number of carboxylic acid groups (broad SMARTS) is 1. The van der Waals surface area contributed by atoms with Gasteiger partial charge in [0.15, 0.2) is 0 Å². The largest absolute Gasteiger partial charge is 0.507 e. The second kappa shape index (κ2) is 5.71. The third-order valence-corrected chi connectivity index (χ3v) is 1.92. The van der Waals surface area contributed by atoms with Crippen molar-refractivity contribution in [2.75, 3.05) is 18.4 Å². The number of nitrogens with two attached hydrogens (primary N) is 1. The summed E-state index contributed by atoms with van der Waals surface area (Å²) < 4.78 is 0. The zero-order valence-corrected chi connectivity index (χ0v) is 8.93. The van der Waals surface area contributed by atoms with E-state index in [-0.39, 0.29) is 5.56 Å². The van der Waals surface area contributed by atoms with Crippen LogP contribution in [0.1, 0.15) is 10.4 Å². The van der Waals surface area contributed by atoms with E-state index < -0.39 is 17.7 Å². The molecule has 7 nitrogen and oxygen atoms in total. The van der Waals surface area contributed by atoms with E-state index in [0.29, 0.717) is 18.8 Å². The summed E-state index contributed by atoms with van der Waals surface area (Å²) in [5.74, 6) is -1.64. The predicted molar refractivity (Wildman–Crippen MR) is 61.1 cm³/mol. The third-order valence-electron chi connectivity index (χ3n) is 1.92. The normalized spacial score (nSPS) is 9.71. The van der Waals surface area contributed by atoms with Crippen molar-refractivity contribution in [2.45, 2.75) is 0 Å². The Morgan fingerprint density at radius 1 is 1.35 bits per heavy atom. The minimum Gasteiger partial charge on any atom is -0.507 e. The summed E-state index contributed by atoms with van der Waals surface area (Å²) in [6.07, 6.45) is 0. The number of aromatic hydroxyl groups is 1. The molecule has 0 fully saturated rings. The van der Waals surface area contributed by atoms with E-state index in [1.165, 1.54) is 12.1 Å². The number of carbonyl (C=O) groups excluding carboxylic acids is 1. The first kappa shape index (κ1) is 12.8. The van der Waals surface area contributed by atoms with Gasteiger partial charge in [-0.2, -0.15) is 0 Å². The van der Waals surface area contributed by atoms with E-state index >= 15 is 0 Å². The number of hydrogen-bond acceptors (Lipinski definition) is 4. The molecule has 0 saturated carbocycles. The molecule has 0 aromatic heterocycles. The first-order valence-corrected chi connectivity index (χ1v) is 4.86. The maximum Gasteiger partial charge on any atom is 0.339 e. The molecule has 17 heavy (non-hydrogen) atoms. The van der Waals surface area contributed by atoms with Crippen LogP contribution < -0.4 is 16.4 Å². The number of rotatable bonds is 4. The lowest BCUT2D eigenvalue weighted by molar-refractivity contribution is 0.0694. The van der Waals surface area contributed by atoms with E-state index in [1.807, 2.05) is 0 Å². The number of nitrogens with one attached hydrogen (secondary N) is 2. The van der Waals surface area contributed by atoms with Gasteiger partial charge in [0, 0.05) is 24.8 Å². The Hall–Kier alpha value is -2.28. The fourth-order valence-electron chi connectivity index (χ4n) is 1.15. The molecule has 0 radical (unpaired) electrons. The summed E-state index contributed by atoms with van der Waals surface area (Å²) in [7, 11) is 0. The molecule has 1 aromatic rings. The van der Waals surface area contributed by atoms with E-state index in [1.54, 1.807) is 0 Å². The number of phenols is 1. The maximum atomic E-state index is 11.2. The second-order valence-electron chi connectivity index (χ2n) is 3.21. The summed E-state index contributed by atoms with van der Waals surface area (Å²) in [6, 6.07) is 3.27. The Morgan fingerprint density at radius 3 is 2.59 bits per heavy atom. The Kier molecular flexibility index (Phi) is 4.29. The molecular weight excluding hydrogens is 226 g/mol. The molecule has 0 aliphatic rings. The zero-order chi connectivity index (χ0) is 12.8. The molecule has 2 amide bonds. The number of carbonyl (C=O) groups is 2. The highest BCUT2D eigenvalue weighted by molar-refractivity contribution is 5.93. The molecule has 6 N–H and O–H groups in total. The summed E-state index contributed by atoms with van der Waals surface area (Å²) in [6.45, 7) is 0.641. The van der Waals surface area contributed by atoms with Gasteiger partial charge in [0.25, 0.3) is 0 Å². The Balaban J connectivity index is 2.70. The van der Waals surface area contributed by atoms with Gasteiger partial charge in [-0.05, 0) is 12.1 Å². The Bertz CT molecular complexity index is 434. The predicted octanol–water partition coefficient (Wildman–Crippen LogP) is 0.171. The summed E-state index contributed by atoms with van der Waals surface area (Å²) in [4.78, 5) is 21.8. The van der Waals surface area contributed by atoms with Gasteiger partial charge in [-0.25, -0.2) is 9.59 Å². The highest BCUT2D eigenvalue weighted by Crippen LogP contribution is 2.21. The van der Waals surface area contributed by atoms with Gasteiger partial charge in [0.2, 0.25) is 0 Å². The molecule has 0 unspecified atom stereocenters. The lowest BCUT2D eigenvalue weighted by atomic mass is 10.2. The van der Waals surface area contributed by atoms with Crippen LogP contribution in [0.15, 0.2) is 18.2 Å². The van der Waals surface area contributed by atoms with Gasteiger partial charge in [-0.15, -0.1) is 0 Å². The maximum absolute atomic E-state index is 11.2. The minimum absolute atomic E-state index is 0.224. The van der Waals surface area contributed by atoms with Crippen LogP contribution in [-0.4, -0.2) is 35.3 Å². The third kappa shape index (κ3) is 3.65. The van der Waals surface area contributed by atoms with Gasteiger partial charge in [0.05, 0.1) is 0 Å². The number of aromatic carboxylic acids is 1. The van der Waals surface area contributed by atoms with Crippen molar-refractivity contribution < 1.29 is 19.8 Å². The molecule has 92 valence electrons. The van der Waals surface area contributed by atoms with Crippen LogP contribution in [0, 0.1) is 0 Å². The standard InChI is InChI=1S/C10H13N3O4/c11-3-4-12-10(17)13-6-1-2-7(9(15)16)8(14)5-6/h1-2,5,14H,3-4,11H2,(H,15,16)(H2,12,13,17). The van der Waals surface area contributed by atoms with Crippen molar-refractivity contribution in [2.24, 2.45) is 5.73 Å². The van der Waals surface area contributed by atoms with Crippen LogP contribution in [0.25, 0.3) is 0 Å². The SMILES string of the molecule is NCCNC(=O)Nc1ccc(C(=O)O)c(O)c1. The van der Waals surface area contributed by atoms with E-state index in [9.17, 15) is 14.7 Å². The second-order valence-corrected chi connectivity index (χ2v) is 3.21. The molecule has 0 atom stereocenters. The van der Waals surface area contributed by atoms with Crippen molar-refractivity contribution in [1.29, 1.82) is 0 Å². The van der Waals surface area contributed by atoms with Crippen LogP contribution in [0.2, 0.25) is 0 Å². The molecule has 1 rings (SSSR count). The molecule has 0 bridgehead atoms. The average Bonchev–Trinajstić information content (AvgIpc) is 2.26. The zero-order valence-electron chi connectivity index (χ0n) is 8.93. The van der Waals surface area contributed by atoms with E-state index in [0.717, 1.165) is 6.07 Å². The monoisotopic (exact) mass is 239 g/mol. The number of hydrogen-bond donors (Lipinski definition) is 5. The van der Waals surface area contributed by atoms with Gasteiger partial charge >= 0.3 is 12.0 Å². The molecule has 0 heterocycles. The van der Waals surface area contributed by atoms with Crippen molar-refractivity contribution in [1.82, 2.24) is 5.32 Å². The van der Waals surface area contributed by atoms with Crippen molar-refractivity contribution in [3.05, 3.63) is 23.8 Å². The van der Waals surface area contributed by atoms with Crippen LogP contribution >= 0.6 is 0 Å². The van der Waals surface area contributed by atoms with Crippen LogP contribution in [0.3, 0.4) is 0 Å². The number of benzene rings is 1. The smallest absolute Gasteiger partial charge is 0.339 e. The minimum atomic E-state index is -1.23. The number of anilines is 1. The molecule has 1 aromatic carbocycles. The quantitative estimate of drug-likeness (QED) is 0.512. The van der Waals surface area contributed by atoms with E-state index in [2.05, 4.69) is 10.6 Å². The molecule has 0 aliphatic carbocycles. The number of carboxylic acids is 1.